The van der Waals surface area contributed by atoms with Gasteiger partial charge in [0.05, 0.1) is 13.2 Å². The maximum Gasteiger partial charge on any atom is 0.309 e. The second-order valence-corrected chi connectivity index (χ2v) is 6.32. The van der Waals surface area contributed by atoms with E-state index < -0.39 is 11.8 Å². The molecule has 2 rings (SSSR count). The molecule has 0 bridgehead atoms. The van der Waals surface area contributed by atoms with E-state index in [1.807, 2.05) is 63.2 Å². The van der Waals surface area contributed by atoms with Crippen LogP contribution in [0.3, 0.4) is 0 Å². The Hall–Kier alpha value is -3.02. The van der Waals surface area contributed by atoms with E-state index in [4.69, 9.17) is 9.47 Å². The molecule has 0 heterocycles. The summed E-state index contributed by atoms with van der Waals surface area (Å²) in [6.45, 7) is 7.62. The van der Waals surface area contributed by atoms with Crippen LogP contribution in [0.4, 0.5) is 0 Å². The van der Waals surface area contributed by atoms with Crippen molar-refractivity contribution in [2.75, 3.05) is 19.8 Å². The first kappa shape index (κ1) is 21.3. The van der Waals surface area contributed by atoms with Crippen molar-refractivity contribution in [3.63, 3.8) is 0 Å². The van der Waals surface area contributed by atoms with Crippen LogP contribution in [-0.4, -0.2) is 31.6 Å². The lowest BCUT2D eigenvalue weighted by Gasteiger charge is -2.12. The molecule has 6 nitrogen and oxygen atoms in total. The maximum atomic E-state index is 11.9. The van der Waals surface area contributed by atoms with Crippen LogP contribution in [0, 0.1) is 6.92 Å². The van der Waals surface area contributed by atoms with Gasteiger partial charge in [-0.3, -0.25) is 9.59 Å². The largest absolute Gasteiger partial charge is 0.490 e. The van der Waals surface area contributed by atoms with Crippen LogP contribution in [0.15, 0.2) is 42.5 Å². The number of hydrogen-bond acceptors (Lipinski definition) is 4. The van der Waals surface area contributed by atoms with Crippen LogP contribution in [0.1, 0.15) is 30.5 Å². The van der Waals surface area contributed by atoms with Gasteiger partial charge in [0.1, 0.15) is 0 Å². The molecule has 6 heteroatoms. The van der Waals surface area contributed by atoms with Crippen molar-refractivity contribution in [3.05, 3.63) is 59.2 Å². The first-order valence-electron chi connectivity index (χ1n) is 9.53. The van der Waals surface area contributed by atoms with E-state index in [1.165, 1.54) is 0 Å². The highest BCUT2D eigenvalue weighted by Gasteiger charge is 2.13. The van der Waals surface area contributed by atoms with Crippen LogP contribution >= 0.6 is 0 Å². The molecule has 0 saturated heterocycles. The van der Waals surface area contributed by atoms with Gasteiger partial charge in [0, 0.05) is 13.1 Å². The highest BCUT2D eigenvalue weighted by molar-refractivity contribution is 6.35. The van der Waals surface area contributed by atoms with Crippen LogP contribution in [-0.2, 0) is 22.6 Å². The van der Waals surface area contributed by atoms with Crippen molar-refractivity contribution in [2.45, 2.75) is 33.7 Å². The Morgan fingerprint density at radius 3 is 2.11 bits per heavy atom. The highest BCUT2D eigenvalue weighted by Crippen LogP contribution is 2.28. The summed E-state index contributed by atoms with van der Waals surface area (Å²) in [5.74, 6) is 0.113. The SMILES string of the molecule is CCOc1ccc(CCNC(=O)C(=O)NCc2ccc(C)cc2)cc1OCC. The predicted octanol–water partition coefficient (Wildman–Crippen LogP) is 2.77. The third kappa shape index (κ3) is 6.61. The Morgan fingerprint density at radius 2 is 1.43 bits per heavy atom. The second kappa shape index (κ2) is 11.0. The van der Waals surface area contributed by atoms with E-state index in [1.54, 1.807) is 0 Å². The van der Waals surface area contributed by atoms with Crippen molar-refractivity contribution in [1.82, 2.24) is 10.6 Å². The highest BCUT2D eigenvalue weighted by atomic mass is 16.5. The Morgan fingerprint density at radius 1 is 0.821 bits per heavy atom. The summed E-state index contributed by atoms with van der Waals surface area (Å²) < 4.78 is 11.1. The van der Waals surface area contributed by atoms with Crippen molar-refractivity contribution in [1.29, 1.82) is 0 Å². The van der Waals surface area contributed by atoms with Crippen LogP contribution in [0.2, 0.25) is 0 Å². The van der Waals surface area contributed by atoms with Crippen molar-refractivity contribution in [3.8, 4) is 11.5 Å². The number of carbonyl (C=O) groups is 2. The normalized spacial score (nSPS) is 10.2. The minimum absolute atomic E-state index is 0.323. The van der Waals surface area contributed by atoms with Gasteiger partial charge in [0.15, 0.2) is 11.5 Å². The number of aryl methyl sites for hydroxylation is 1. The van der Waals surface area contributed by atoms with Gasteiger partial charge < -0.3 is 20.1 Å². The van der Waals surface area contributed by atoms with E-state index in [-0.39, 0.29) is 0 Å². The van der Waals surface area contributed by atoms with E-state index in [9.17, 15) is 9.59 Å². The number of rotatable bonds is 9. The molecule has 0 fully saturated rings. The van der Waals surface area contributed by atoms with Gasteiger partial charge in [-0.2, -0.15) is 0 Å². The van der Waals surface area contributed by atoms with Gasteiger partial charge in [-0.05, 0) is 50.5 Å². The molecule has 2 N–H and O–H groups in total. The minimum atomic E-state index is -0.637. The molecule has 150 valence electrons. The molecule has 2 aromatic carbocycles. The lowest BCUT2D eigenvalue weighted by molar-refractivity contribution is -0.139. The molecule has 2 amide bonds. The average molecular weight is 384 g/mol. The first-order valence-corrected chi connectivity index (χ1v) is 9.53. The molecular weight excluding hydrogens is 356 g/mol. The zero-order chi connectivity index (χ0) is 20.4. The van der Waals surface area contributed by atoms with E-state index >= 15 is 0 Å². The predicted molar refractivity (Wildman–Crippen MR) is 109 cm³/mol. The van der Waals surface area contributed by atoms with Gasteiger partial charge in [0.25, 0.3) is 0 Å². The topological polar surface area (TPSA) is 76.7 Å². The molecule has 0 aliphatic rings. The Labute approximate surface area is 166 Å². The van der Waals surface area contributed by atoms with Gasteiger partial charge >= 0.3 is 11.8 Å². The monoisotopic (exact) mass is 384 g/mol. The fourth-order valence-corrected chi connectivity index (χ4v) is 2.62. The Kier molecular flexibility index (Phi) is 8.34. The number of ether oxygens (including phenoxy) is 2. The summed E-state index contributed by atoms with van der Waals surface area (Å²) in [7, 11) is 0. The number of hydrogen-bond donors (Lipinski definition) is 2. The third-order valence-electron chi connectivity index (χ3n) is 4.09. The van der Waals surface area contributed by atoms with Gasteiger partial charge in [-0.1, -0.05) is 35.9 Å². The molecule has 0 spiro atoms. The fraction of sp³-hybridized carbons (Fsp3) is 0.364. The molecule has 0 aliphatic heterocycles. The first-order chi connectivity index (χ1) is 13.5. The Bertz CT molecular complexity index is 788. The van der Waals surface area contributed by atoms with Crippen molar-refractivity contribution < 1.29 is 19.1 Å². The smallest absolute Gasteiger partial charge is 0.309 e. The molecule has 0 aromatic heterocycles. The lowest BCUT2D eigenvalue weighted by Crippen LogP contribution is -2.40. The number of benzene rings is 2. The zero-order valence-corrected chi connectivity index (χ0v) is 16.7. The molecular formula is C22H28N2O4. The van der Waals surface area contributed by atoms with Crippen LogP contribution in [0.25, 0.3) is 0 Å². The molecule has 2 aromatic rings. The third-order valence-corrected chi connectivity index (χ3v) is 4.09. The standard InChI is InChI=1S/C22H28N2O4/c1-4-27-19-11-10-17(14-20(19)28-5-2)12-13-23-21(25)22(26)24-15-18-8-6-16(3)7-9-18/h6-11,14H,4-5,12-13,15H2,1-3H3,(H,23,25)(H,24,26). The summed E-state index contributed by atoms with van der Waals surface area (Å²) in [5, 5.41) is 5.27. The molecule has 0 radical (unpaired) electrons. The minimum Gasteiger partial charge on any atom is -0.490 e. The van der Waals surface area contributed by atoms with Crippen LogP contribution in [0.5, 0.6) is 11.5 Å². The fourth-order valence-electron chi connectivity index (χ4n) is 2.62. The van der Waals surface area contributed by atoms with Gasteiger partial charge in [0.2, 0.25) is 0 Å². The molecule has 0 saturated carbocycles. The summed E-state index contributed by atoms with van der Waals surface area (Å²) in [4.78, 5) is 23.9. The number of nitrogens with one attached hydrogen (secondary N) is 2. The van der Waals surface area contributed by atoms with Crippen molar-refractivity contribution in [2.24, 2.45) is 0 Å². The number of amides is 2. The molecule has 0 unspecified atom stereocenters. The van der Waals surface area contributed by atoms with Crippen LogP contribution < -0.4 is 20.1 Å². The lowest BCUT2D eigenvalue weighted by atomic mass is 10.1. The maximum absolute atomic E-state index is 11.9. The molecule has 0 atom stereocenters. The van der Waals surface area contributed by atoms with Gasteiger partial charge in [-0.25, -0.2) is 0 Å². The quantitative estimate of drug-likeness (QED) is 0.652. The summed E-state index contributed by atoms with van der Waals surface area (Å²) in [6.07, 6.45) is 0.587. The van der Waals surface area contributed by atoms with E-state index in [0.29, 0.717) is 44.2 Å². The molecule has 0 aliphatic carbocycles. The second-order valence-electron chi connectivity index (χ2n) is 6.32. The van der Waals surface area contributed by atoms with Crippen molar-refractivity contribution >= 4 is 11.8 Å². The van der Waals surface area contributed by atoms with E-state index in [0.717, 1.165) is 16.7 Å². The van der Waals surface area contributed by atoms with Gasteiger partial charge in [-0.15, -0.1) is 0 Å². The summed E-state index contributed by atoms with van der Waals surface area (Å²) in [5.41, 5.74) is 3.09. The summed E-state index contributed by atoms with van der Waals surface area (Å²) in [6, 6.07) is 13.5. The Balaban J connectivity index is 1.79. The van der Waals surface area contributed by atoms with E-state index in [2.05, 4.69) is 10.6 Å². The summed E-state index contributed by atoms with van der Waals surface area (Å²) >= 11 is 0. The average Bonchev–Trinajstić information content (AvgIpc) is 2.69. The zero-order valence-electron chi connectivity index (χ0n) is 16.7. The number of carbonyl (C=O) groups excluding carboxylic acids is 2. The molecule has 28 heavy (non-hydrogen) atoms.